The maximum Gasteiger partial charge on any atom is 0.341 e. The van der Waals surface area contributed by atoms with E-state index < -0.39 is 5.97 Å². The van der Waals surface area contributed by atoms with Gasteiger partial charge in [-0.3, -0.25) is 4.98 Å². The lowest BCUT2D eigenvalue weighted by Gasteiger charge is -2.05. The number of hydrogen-bond acceptors (Lipinski definition) is 5. The summed E-state index contributed by atoms with van der Waals surface area (Å²) in [6.45, 7) is 1.92. The Kier molecular flexibility index (Phi) is 3.02. The first kappa shape index (κ1) is 9.99. The summed E-state index contributed by atoms with van der Waals surface area (Å²) in [4.78, 5) is 15.1. The minimum absolute atomic E-state index is 0.0874. The highest BCUT2D eigenvalue weighted by atomic mass is 16.5. The van der Waals surface area contributed by atoms with Crippen molar-refractivity contribution in [3.8, 4) is 6.07 Å². The molecule has 0 saturated carbocycles. The summed E-state index contributed by atoms with van der Waals surface area (Å²) in [6, 6.07) is 1.83. The van der Waals surface area contributed by atoms with Crippen LogP contribution in [0.2, 0.25) is 0 Å². The van der Waals surface area contributed by atoms with E-state index in [-0.39, 0.29) is 23.4 Å². The largest absolute Gasteiger partial charge is 0.462 e. The Morgan fingerprint density at radius 3 is 3.00 bits per heavy atom. The first-order valence-corrected chi connectivity index (χ1v) is 4.01. The van der Waals surface area contributed by atoms with Crippen molar-refractivity contribution in [1.82, 2.24) is 4.98 Å². The molecule has 1 aromatic heterocycles. The fraction of sp³-hybridized carbons (Fsp3) is 0.222. The van der Waals surface area contributed by atoms with Crippen molar-refractivity contribution < 1.29 is 9.53 Å². The first-order chi connectivity index (χ1) is 6.70. The molecule has 0 bridgehead atoms. The number of hydrogen-bond donors (Lipinski definition) is 1. The van der Waals surface area contributed by atoms with Crippen LogP contribution in [0.1, 0.15) is 22.8 Å². The zero-order chi connectivity index (χ0) is 10.6. The molecule has 5 nitrogen and oxygen atoms in total. The lowest BCUT2D eigenvalue weighted by atomic mass is 10.1. The van der Waals surface area contributed by atoms with Gasteiger partial charge in [0.05, 0.1) is 24.1 Å². The van der Waals surface area contributed by atoms with Crippen LogP contribution in [0.5, 0.6) is 0 Å². The van der Waals surface area contributed by atoms with Crippen LogP contribution in [0, 0.1) is 11.3 Å². The number of anilines is 1. The van der Waals surface area contributed by atoms with Crippen molar-refractivity contribution in [2.75, 3.05) is 12.3 Å². The summed E-state index contributed by atoms with van der Waals surface area (Å²) < 4.78 is 4.75. The van der Waals surface area contributed by atoms with Gasteiger partial charge in [-0.05, 0) is 6.92 Å². The van der Waals surface area contributed by atoms with E-state index in [0.717, 1.165) is 0 Å². The molecule has 1 heterocycles. The predicted molar refractivity (Wildman–Crippen MR) is 49.3 cm³/mol. The van der Waals surface area contributed by atoms with Crippen LogP contribution >= 0.6 is 0 Å². The van der Waals surface area contributed by atoms with Gasteiger partial charge in [-0.25, -0.2) is 4.79 Å². The minimum atomic E-state index is -0.594. The van der Waals surface area contributed by atoms with Crippen LogP contribution in [0.25, 0.3) is 0 Å². The van der Waals surface area contributed by atoms with Gasteiger partial charge in [-0.2, -0.15) is 5.26 Å². The third-order valence-corrected chi connectivity index (χ3v) is 1.58. The van der Waals surface area contributed by atoms with E-state index in [0.29, 0.717) is 0 Å². The smallest absolute Gasteiger partial charge is 0.341 e. The molecule has 5 heteroatoms. The molecule has 0 aromatic carbocycles. The second-order valence-corrected chi connectivity index (χ2v) is 2.48. The standard InChI is InChI=1S/C9H9N3O2/c1-2-14-9(13)8-6(3-10)4-12-5-7(8)11/h4-5H,2,11H2,1H3. The van der Waals surface area contributed by atoms with Gasteiger partial charge in [0.1, 0.15) is 11.6 Å². The van der Waals surface area contributed by atoms with Crippen LogP contribution in [0.4, 0.5) is 5.69 Å². The number of carbonyl (C=O) groups excluding carboxylic acids is 1. The second kappa shape index (κ2) is 4.23. The first-order valence-electron chi connectivity index (χ1n) is 4.01. The van der Waals surface area contributed by atoms with Gasteiger partial charge in [0.25, 0.3) is 0 Å². The number of rotatable bonds is 2. The average Bonchev–Trinajstić information content (AvgIpc) is 2.17. The molecule has 0 aliphatic heterocycles. The molecular formula is C9H9N3O2. The molecule has 0 atom stereocenters. The maximum absolute atomic E-state index is 11.4. The number of carbonyl (C=O) groups is 1. The SMILES string of the molecule is CCOC(=O)c1c(N)cncc1C#N. The lowest BCUT2D eigenvalue weighted by molar-refractivity contribution is 0.0527. The number of nitrogens with two attached hydrogens (primary N) is 1. The minimum Gasteiger partial charge on any atom is -0.462 e. The summed E-state index contributed by atoms with van der Waals surface area (Å²) >= 11 is 0. The maximum atomic E-state index is 11.4. The Morgan fingerprint density at radius 2 is 2.43 bits per heavy atom. The van der Waals surface area contributed by atoms with E-state index in [4.69, 9.17) is 15.7 Å². The van der Waals surface area contributed by atoms with Gasteiger partial charge in [-0.1, -0.05) is 0 Å². The molecule has 0 unspecified atom stereocenters. The third-order valence-electron chi connectivity index (χ3n) is 1.58. The zero-order valence-electron chi connectivity index (χ0n) is 7.65. The van der Waals surface area contributed by atoms with E-state index in [1.807, 2.05) is 6.07 Å². The highest BCUT2D eigenvalue weighted by molar-refractivity contribution is 5.97. The summed E-state index contributed by atoms with van der Waals surface area (Å²) in [5, 5.41) is 8.71. The summed E-state index contributed by atoms with van der Waals surface area (Å²) in [5.74, 6) is -0.594. The molecule has 0 saturated heterocycles. The zero-order valence-corrected chi connectivity index (χ0v) is 7.65. The Bertz CT molecular complexity index is 396. The normalized spacial score (nSPS) is 9.14. The van der Waals surface area contributed by atoms with Crippen molar-refractivity contribution >= 4 is 11.7 Å². The van der Waals surface area contributed by atoms with Gasteiger partial charge >= 0.3 is 5.97 Å². The van der Waals surface area contributed by atoms with E-state index in [2.05, 4.69) is 4.98 Å². The van der Waals surface area contributed by atoms with Crippen LogP contribution in [0.15, 0.2) is 12.4 Å². The highest BCUT2D eigenvalue weighted by Crippen LogP contribution is 2.15. The van der Waals surface area contributed by atoms with Crippen LogP contribution in [-0.2, 0) is 4.74 Å². The average molecular weight is 191 g/mol. The number of nitrogens with zero attached hydrogens (tertiary/aromatic N) is 2. The van der Waals surface area contributed by atoms with Crippen molar-refractivity contribution in [1.29, 1.82) is 5.26 Å². The molecule has 1 rings (SSSR count). The molecule has 0 aliphatic rings. The van der Waals surface area contributed by atoms with E-state index in [9.17, 15) is 4.79 Å². The summed E-state index contributed by atoms with van der Waals surface area (Å²) in [5.41, 5.74) is 5.88. The Morgan fingerprint density at radius 1 is 1.71 bits per heavy atom. The number of ether oxygens (including phenoxy) is 1. The number of nitrogen functional groups attached to an aromatic ring is 1. The molecule has 0 fully saturated rings. The fourth-order valence-corrected chi connectivity index (χ4v) is 0.993. The van der Waals surface area contributed by atoms with Crippen LogP contribution < -0.4 is 5.73 Å². The topological polar surface area (TPSA) is 89.0 Å². The van der Waals surface area contributed by atoms with Gasteiger partial charge < -0.3 is 10.5 Å². The monoisotopic (exact) mass is 191 g/mol. The van der Waals surface area contributed by atoms with Gasteiger partial charge in [0.2, 0.25) is 0 Å². The number of aromatic nitrogens is 1. The van der Waals surface area contributed by atoms with Crippen molar-refractivity contribution in [3.05, 3.63) is 23.5 Å². The van der Waals surface area contributed by atoms with Crippen LogP contribution in [-0.4, -0.2) is 17.6 Å². The van der Waals surface area contributed by atoms with E-state index >= 15 is 0 Å². The quantitative estimate of drug-likeness (QED) is 0.695. The number of pyridine rings is 1. The molecule has 0 radical (unpaired) electrons. The summed E-state index contributed by atoms with van der Waals surface area (Å²) in [7, 11) is 0. The number of nitriles is 1. The van der Waals surface area contributed by atoms with Gasteiger partial charge in [-0.15, -0.1) is 0 Å². The lowest BCUT2D eigenvalue weighted by Crippen LogP contribution is -2.10. The molecule has 1 aromatic rings. The second-order valence-electron chi connectivity index (χ2n) is 2.48. The summed E-state index contributed by atoms with van der Waals surface area (Å²) in [6.07, 6.45) is 2.59. The Hall–Kier alpha value is -2.09. The molecule has 72 valence electrons. The number of esters is 1. The Labute approximate surface area is 81.1 Å². The van der Waals surface area contributed by atoms with Crippen molar-refractivity contribution in [2.45, 2.75) is 6.92 Å². The molecular weight excluding hydrogens is 182 g/mol. The third kappa shape index (κ3) is 1.80. The van der Waals surface area contributed by atoms with E-state index in [1.165, 1.54) is 12.4 Å². The van der Waals surface area contributed by atoms with Crippen LogP contribution in [0.3, 0.4) is 0 Å². The molecule has 0 amide bonds. The highest BCUT2D eigenvalue weighted by Gasteiger charge is 2.16. The van der Waals surface area contributed by atoms with E-state index in [1.54, 1.807) is 6.92 Å². The Balaban J connectivity index is 3.18. The predicted octanol–water partition coefficient (Wildman–Crippen LogP) is 0.712. The van der Waals surface area contributed by atoms with Crippen molar-refractivity contribution in [3.63, 3.8) is 0 Å². The molecule has 0 aliphatic carbocycles. The molecule has 2 N–H and O–H groups in total. The van der Waals surface area contributed by atoms with Crippen molar-refractivity contribution in [2.24, 2.45) is 0 Å². The molecule has 0 spiro atoms. The van der Waals surface area contributed by atoms with Gasteiger partial charge in [0.15, 0.2) is 0 Å². The fourth-order valence-electron chi connectivity index (χ4n) is 0.993. The van der Waals surface area contributed by atoms with Gasteiger partial charge in [0, 0.05) is 6.20 Å². The molecule has 14 heavy (non-hydrogen) atoms.